The highest BCUT2D eigenvalue weighted by Gasteiger charge is 2.21. The maximum atomic E-state index is 5.25. The Kier molecular flexibility index (Phi) is 4.39. The number of nitrogens with one attached hydrogen (secondary N) is 1. The Balaban J connectivity index is 1.74. The SMILES string of the molecule is CCCc1nc(Cn2cc3c(c2)C(NCC)CCC3)no1. The fourth-order valence-electron chi connectivity index (χ4n) is 3.13. The lowest BCUT2D eigenvalue weighted by atomic mass is 9.91. The van der Waals surface area contributed by atoms with Crippen LogP contribution in [0.5, 0.6) is 0 Å². The van der Waals surface area contributed by atoms with Crippen LogP contribution in [0.1, 0.15) is 62.0 Å². The van der Waals surface area contributed by atoms with Gasteiger partial charge in [0.1, 0.15) is 0 Å². The summed E-state index contributed by atoms with van der Waals surface area (Å²) < 4.78 is 7.45. The molecule has 2 heterocycles. The standard InChI is InChI=1S/C16H24N4O/c1-3-6-16-18-15(19-21-16)11-20-9-12-7-5-8-14(17-4-2)13(12)10-20/h9-10,14,17H,3-8,11H2,1-2H3. The zero-order chi connectivity index (χ0) is 14.7. The maximum absolute atomic E-state index is 5.25. The summed E-state index contributed by atoms with van der Waals surface area (Å²) in [5.74, 6) is 1.51. The average molecular weight is 288 g/mol. The van der Waals surface area contributed by atoms with Crippen LogP contribution in [0.4, 0.5) is 0 Å². The molecule has 0 fully saturated rings. The molecule has 0 bridgehead atoms. The van der Waals surface area contributed by atoms with E-state index in [2.05, 4.69) is 46.3 Å². The van der Waals surface area contributed by atoms with Crippen LogP contribution in [0.2, 0.25) is 0 Å². The van der Waals surface area contributed by atoms with Gasteiger partial charge in [-0.2, -0.15) is 4.98 Å². The summed E-state index contributed by atoms with van der Waals surface area (Å²) in [5, 5.41) is 7.64. The molecule has 1 aliphatic rings. The van der Waals surface area contributed by atoms with Gasteiger partial charge in [-0.05, 0) is 43.4 Å². The highest BCUT2D eigenvalue weighted by Crippen LogP contribution is 2.30. The molecule has 5 heteroatoms. The van der Waals surface area contributed by atoms with Gasteiger partial charge in [-0.15, -0.1) is 0 Å². The Labute approximate surface area is 125 Å². The fourth-order valence-corrected chi connectivity index (χ4v) is 3.13. The molecule has 0 spiro atoms. The van der Waals surface area contributed by atoms with Crippen molar-refractivity contribution >= 4 is 0 Å². The Bertz CT molecular complexity index is 587. The molecule has 5 nitrogen and oxygen atoms in total. The van der Waals surface area contributed by atoms with Gasteiger partial charge in [-0.1, -0.05) is 19.0 Å². The molecule has 1 aliphatic carbocycles. The first kappa shape index (κ1) is 14.3. The second-order valence-electron chi connectivity index (χ2n) is 5.77. The van der Waals surface area contributed by atoms with Crippen molar-refractivity contribution in [3.8, 4) is 0 Å². The second-order valence-corrected chi connectivity index (χ2v) is 5.77. The second kappa shape index (κ2) is 6.43. The number of rotatable bonds is 6. The molecular weight excluding hydrogens is 264 g/mol. The molecule has 3 rings (SSSR count). The van der Waals surface area contributed by atoms with Crippen LogP contribution in [-0.2, 0) is 19.4 Å². The first-order chi connectivity index (χ1) is 10.3. The highest BCUT2D eigenvalue weighted by atomic mass is 16.5. The summed E-state index contributed by atoms with van der Waals surface area (Å²) in [4.78, 5) is 4.44. The summed E-state index contributed by atoms with van der Waals surface area (Å²) in [7, 11) is 0. The lowest BCUT2D eigenvalue weighted by Gasteiger charge is -2.22. The van der Waals surface area contributed by atoms with Crippen molar-refractivity contribution in [1.29, 1.82) is 0 Å². The maximum Gasteiger partial charge on any atom is 0.226 e. The topological polar surface area (TPSA) is 55.9 Å². The van der Waals surface area contributed by atoms with Crippen LogP contribution in [0, 0.1) is 0 Å². The van der Waals surface area contributed by atoms with Crippen molar-refractivity contribution in [1.82, 2.24) is 20.0 Å². The van der Waals surface area contributed by atoms with Gasteiger partial charge < -0.3 is 14.4 Å². The van der Waals surface area contributed by atoms with Gasteiger partial charge in [-0.25, -0.2) is 0 Å². The van der Waals surface area contributed by atoms with Gasteiger partial charge in [0.2, 0.25) is 5.89 Å². The van der Waals surface area contributed by atoms with Crippen LogP contribution in [0.15, 0.2) is 16.9 Å². The Morgan fingerprint density at radius 1 is 1.38 bits per heavy atom. The van der Waals surface area contributed by atoms with Gasteiger partial charge in [0.25, 0.3) is 0 Å². The molecule has 1 unspecified atom stereocenters. The Morgan fingerprint density at radius 2 is 2.29 bits per heavy atom. The van der Waals surface area contributed by atoms with Crippen LogP contribution in [0.25, 0.3) is 0 Å². The minimum Gasteiger partial charge on any atom is -0.346 e. The van der Waals surface area contributed by atoms with Gasteiger partial charge in [0, 0.05) is 24.9 Å². The van der Waals surface area contributed by atoms with E-state index in [0.29, 0.717) is 12.6 Å². The molecule has 0 saturated carbocycles. The normalized spacial score (nSPS) is 17.9. The van der Waals surface area contributed by atoms with Crippen molar-refractivity contribution in [3.05, 3.63) is 35.2 Å². The number of aryl methyl sites for hydroxylation is 2. The van der Waals surface area contributed by atoms with E-state index in [0.717, 1.165) is 31.1 Å². The lowest BCUT2D eigenvalue weighted by Crippen LogP contribution is -2.23. The third-order valence-electron chi connectivity index (χ3n) is 4.06. The van der Waals surface area contributed by atoms with E-state index in [9.17, 15) is 0 Å². The van der Waals surface area contributed by atoms with E-state index in [1.165, 1.54) is 30.4 Å². The van der Waals surface area contributed by atoms with Crippen molar-refractivity contribution in [2.45, 2.75) is 58.5 Å². The third-order valence-corrected chi connectivity index (χ3v) is 4.06. The molecule has 0 amide bonds. The summed E-state index contributed by atoms with van der Waals surface area (Å²) in [5.41, 5.74) is 2.91. The predicted octanol–water partition coefficient (Wildman–Crippen LogP) is 2.86. The lowest BCUT2D eigenvalue weighted by molar-refractivity contribution is 0.371. The molecule has 21 heavy (non-hydrogen) atoms. The zero-order valence-electron chi connectivity index (χ0n) is 12.9. The van der Waals surface area contributed by atoms with E-state index in [1.807, 2.05) is 0 Å². The first-order valence-corrected chi connectivity index (χ1v) is 8.03. The number of aromatic nitrogens is 3. The number of hydrogen-bond donors (Lipinski definition) is 1. The summed E-state index contributed by atoms with van der Waals surface area (Å²) in [6.07, 6.45) is 10.1. The molecule has 1 N–H and O–H groups in total. The van der Waals surface area contributed by atoms with E-state index in [1.54, 1.807) is 0 Å². The van der Waals surface area contributed by atoms with Crippen molar-refractivity contribution < 1.29 is 4.52 Å². The minimum absolute atomic E-state index is 0.501. The van der Waals surface area contributed by atoms with Gasteiger partial charge in [0.15, 0.2) is 5.82 Å². The zero-order valence-corrected chi connectivity index (χ0v) is 12.9. The molecule has 114 valence electrons. The van der Waals surface area contributed by atoms with Crippen LogP contribution in [0.3, 0.4) is 0 Å². The first-order valence-electron chi connectivity index (χ1n) is 8.03. The number of hydrogen-bond acceptors (Lipinski definition) is 4. The van der Waals surface area contributed by atoms with Gasteiger partial charge in [-0.3, -0.25) is 0 Å². The van der Waals surface area contributed by atoms with Crippen LogP contribution in [-0.4, -0.2) is 21.3 Å². The van der Waals surface area contributed by atoms with E-state index in [-0.39, 0.29) is 0 Å². The molecule has 0 saturated heterocycles. The molecule has 0 radical (unpaired) electrons. The smallest absolute Gasteiger partial charge is 0.226 e. The Morgan fingerprint density at radius 3 is 3.10 bits per heavy atom. The fraction of sp³-hybridized carbons (Fsp3) is 0.625. The minimum atomic E-state index is 0.501. The molecule has 2 aromatic rings. The molecular formula is C16H24N4O. The summed E-state index contributed by atoms with van der Waals surface area (Å²) in [6, 6.07) is 0.501. The van der Waals surface area contributed by atoms with E-state index in [4.69, 9.17) is 4.52 Å². The van der Waals surface area contributed by atoms with E-state index < -0.39 is 0 Å². The number of fused-ring (bicyclic) bond motifs is 1. The average Bonchev–Trinajstić information content (AvgIpc) is 3.07. The summed E-state index contributed by atoms with van der Waals surface area (Å²) in [6.45, 7) is 5.99. The quantitative estimate of drug-likeness (QED) is 0.888. The van der Waals surface area contributed by atoms with E-state index >= 15 is 0 Å². The Hall–Kier alpha value is -1.62. The van der Waals surface area contributed by atoms with Crippen LogP contribution >= 0.6 is 0 Å². The molecule has 1 atom stereocenters. The largest absolute Gasteiger partial charge is 0.346 e. The van der Waals surface area contributed by atoms with Gasteiger partial charge in [0.05, 0.1) is 6.54 Å². The highest BCUT2D eigenvalue weighted by molar-refractivity contribution is 5.30. The van der Waals surface area contributed by atoms with Crippen molar-refractivity contribution in [2.24, 2.45) is 0 Å². The van der Waals surface area contributed by atoms with Crippen molar-refractivity contribution in [3.63, 3.8) is 0 Å². The molecule has 2 aromatic heterocycles. The molecule has 0 aliphatic heterocycles. The molecule has 0 aromatic carbocycles. The van der Waals surface area contributed by atoms with Crippen LogP contribution < -0.4 is 5.32 Å². The monoisotopic (exact) mass is 288 g/mol. The third kappa shape index (κ3) is 3.18. The predicted molar refractivity (Wildman–Crippen MR) is 81.2 cm³/mol. The van der Waals surface area contributed by atoms with Gasteiger partial charge >= 0.3 is 0 Å². The van der Waals surface area contributed by atoms with Crippen molar-refractivity contribution in [2.75, 3.05) is 6.54 Å². The summed E-state index contributed by atoms with van der Waals surface area (Å²) >= 11 is 0. The number of nitrogens with zero attached hydrogens (tertiary/aromatic N) is 3.